The third-order valence-electron chi connectivity index (χ3n) is 6.16. The number of carbonyl (C=O) groups is 3. The summed E-state index contributed by atoms with van der Waals surface area (Å²) in [4.78, 5) is 42.7. The van der Waals surface area contributed by atoms with Gasteiger partial charge in [-0.1, -0.05) is 22.9 Å². The first-order chi connectivity index (χ1) is 15.3. The molecule has 3 N–H and O–H groups in total. The van der Waals surface area contributed by atoms with Crippen molar-refractivity contribution in [3.63, 3.8) is 0 Å². The second-order valence-corrected chi connectivity index (χ2v) is 8.68. The fraction of sp³-hybridized carbons (Fsp3) is 0.478. The first-order valence-electron chi connectivity index (χ1n) is 11.0. The van der Waals surface area contributed by atoms with Crippen LogP contribution >= 0.6 is 0 Å². The Morgan fingerprint density at radius 1 is 1.03 bits per heavy atom. The van der Waals surface area contributed by atoms with Crippen molar-refractivity contribution >= 4 is 17.7 Å². The normalized spacial score (nSPS) is 23.3. The van der Waals surface area contributed by atoms with Crippen LogP contribution in [0.25, 0.3) is 0 Å². The summed E-state index contributed by atoms with van der Waals surface area (Å²) < 4.78 is 5.04. The number of hydrogen-bond donors (Lipinski definition) is 2. The lowest BCUT2D eigenvalue weighted by molar-refractivity contribution is -0.129. The maximum atomic E-state index is 13.4. The number of hydrogen-bond acceptors (Lipinski definition) is 6. The van der Waals surface area contributed by atoms with Gasteiger partial charge in [-0.15, -0.1) is 0 Å². The SMILES string of the molecule is Cc1cccc(C(=O)N2CCN(C(=O)c3cc(C)on3)C2C(=O)NC2CCC(N)CC2)c1. The van der Waals surface area contributed by atoms with E-state index in [2.05, 4.69) is 10.5 Å². The Hall–Kier alpha value is -3.20. The molecule has 1 aromatic heterocycles. The van der Waals surface area contributed by atoms with E-state index in [0.29, 0.717) is 11.3 Å². The lowest BCUT2D eigenvalue weighted by Gasteiger charge is -2.32. The van der Waals surface area contributed by atoms with Gasteiger partial charge in [0.1, 0.15) is 5.76 Å². The fourth-order valence-corrected chi connectivity index (χ4v) is 4.43. The van der Waals surface area contributed by atoms with Gasteiger partial charge < -0.3 is 25.4 Å². The van der Waals surface area contributed by atoms with Crippen molar-refractivity contribution in [1.82, 2.24) is 20.3 Å². The molecule has 2 heterocycles. The predicted octanol–water partition coefficient (Wildman–Crippen LogP) is 1.60. The highest BCUT2D eigenvalue weighted by molar-refractivity contribution is 6.01. The second kappa shape index (κ2) is 9.12. The van der Waals surface area contributed by atoms with Gasteiger partial charge in [0, 0.05) is 36.8 Å². The number of rotatable bonds is 4. The molecule has 0 bridgehead atoms. The number of nitrogens with zero attached hydrogens (tertiary/aromatic N) is 3. The highest BCUT2D eigenvalue weighted by Gasteiger charge is 2.44. The lowest BCUT2D eigenvalue weighted by Crippen LogP contribution is -2.56. The van der Waals surface area contributed by atoms with Crippen molar-refractivity contribution in [2.24, 2.45) is 5.73 Å². The summed E-state index contributed by atoms with van der Waals surface area (Å²) in [5.74, 6) is -0.587. The maximum absolute atomic E-state index is 13.4. The number of benzene rings is 1. The standard InChI is InChI=1S/C23H29N5O4/c1-14-4-3-5-16(12-14)22(30)27-10-11-28(23(31)19-13-15(2)32-26-19)21(27)20(29)25-18-8-6-17(24)7-9-18/h3-5,12-13,17-18,21H,6-11,24H2,1-2H3,(H,25,29). The van der Waals surface area contributed by atoms with Gasteiger partial charge in [-0.2, -0.15) is 0 Å². The Balaban J connectivity index is 1.59. The zero-order chi connectivity index (χ0) is 22.8. The van der Waals surface area contributed by atoms with Gasteiger partial charge in [0.25, 0.3) is 17.7 Å². The molecule has 1 aliphatic heterocycles. The summed E-state index contributed by atoms with van der Waals surface area (Å²) in [5.41, 5.74) is 7.53. The molecule has 32 heavy (non-hydrogen) atoms. The van der Waals surface area contributed by atoms with Crippen LogP contribution < -0.4 is 11.1 Å². The molecule has 2 aliphatic rings. The minimum absolute atomic E-state index is 0.0231. The Kier molecular flexibility index (Phi) is 6.27. The number of aromatic nitrogens is 1. The second-order valence-electron chi connectivity index (χ2n) is 8.68. The van der Waals surface area contributed by atoms with E-state index in [1.807, 2.05) is 13.0 Å². The van der Waals surface area contributed by atoms with E-state index in [-0.39, 0.29) is 42.7 Å². The predicted molar refractivity (Wildman–Crippen MR) is 117 cm³/mol. The van der Waals surface area contributed by atoms with Gasteiger partial charge in [-0.25, -0.2) is 0 Å². The molecular weight excluding hydrogens is 410 g/mol. The molecule has 1 saturated carbocycles. The largest absolute Gasteiger partial charge is 0.361 e. The molecule has 0 radical (unpaired) electrons. The minimum atomic E-state index is -1.05. The van der Waals surface area contributed by atoms with Crippen molar-refractivity contribution in [2.45, 2.75) is 57.8 Å². The third-order valence-corrected chi connectivity index (χ3v) is 6.16. The molecule has 1 aliphatic carbocycles. The van der Waals surface area contributed by atoms with Crippen molar-refractivity contribution in [2.75, 3.05) is 13.1 Å². The number of amides is 3. The highest BCUT2D eigenvalue weighted by Crippen LogP contribution is 2.23. The van der Waals surface area contributed by atoms with Gasteiger partial charge in [0.2, 0.25) is 0 Å². The topological polar surface area (TPSA) is 122 Å². The van der Waals surface area contributed by atoms with Crippen LogP contribution in [0.2, 0.25) is 0 Å². The van der Waals surface area contributed by atoms with Gasteiger partial charge in [0.05, 0.1) is 0 Å². The summed E-state index contributed by atoms with van der Waals surface area (Å²) in [5, 5.41) is 6.85. The summed E-state index contributed by atoms with van der Waals surface area (Å²) >= 11 is 0. The number of aryl methyl sites for hydroxylation is 2. The first-order valence-corrected chi connectivity index (χ1v) is 11.0. The minimum Gasteiger partial charge on any atom is -0.361 e. The summed E-state index contributed by atoms with van der Waals surface area (Å²) in [6.07, 6.45) is 2.18. The average molecular weight is 440 g/mol. The molecule has 3 amide bonds. The van der Waals surface area contributed by atoms with Crippen molar-refractivity contribution in [1.29, 1.82) is 0 Å². The zero-order valence-corrected chi connectivity index (χ0v) is 18.4. The summed E-state index contributed by atoms with van der Waals surface area (Å²) in [6.45, 7) is 4.08. The molecule has 0 spiro atoms. The van der Waals surface area contributed by atoms with Crippen LogP contribution in [0.1, 0.15) is 57.9 Å². The summed E-state index contributed by atoms with van der Waals surface area (Å²) in [7, 11) is 0. The van der Waals surface area contributed by atoms with Crippen LogP contribution in [0.15, 0.2) is 34.9 Å². The smallest absolute Gasteiger partial charge is 0.278 e. The van der Waals surface area contributed by atoms with E-state index in [1.54, 1.807) is 25.1 Å². The Morgan fingerprint density at radius 2 is 1.72 bits per heavy atom. The molecule has 2 aromatic rings. The van der Waals surface area contributed by atoms with Crippen molar-refractivity contribution in [3.8, 4) is 0 Å². The van der Waals surface area contributed by atoms with E-state index in [9.17, 15) is 14.4 Å². The Bertz CT molecular complexity index is 1010. The van der Waals surface area contributed by atoms with E-state index >= 15 is 0 Å². The lowest BCUT2D eigenvalue weighted by atomic mass is 9.92. The van der Waals surface area contributed by atoms with Crippen LogP contribution in [0.5, 0.6) is 0 Å². The van der Waals surface area contributed by atoms with E-state index in [1.165, 1.54) is 15.9 Å². The van der Waals surface area contributed by atoms with E-state index in [4.69, 9.17) is 10.3 Å². The van der Waals surface area contributed by atoms with Crippen LogP contribution in [-0.2, 0) is 4.79 Å². The third kappa shape index (κ3) is 4.52. The molecular formula is C23H29N5O4. The van der Waals surface area contributed by atoms with Gasteiger partial charge >= 0.3 is 0 Å². The molecule has 1 aromatic carbocycles. The van der Waals surface area contributed by atoms with Crippen LogP contribution in [0.4, 0.5) is 0 Å². The Labute approximate surface area is 186 Å². The maximum Gasteiger partial charge on any atom is 0.278 e. The van der Waals surface area contributed by atoms with E-state index < -0.39 is 12.1 Å². The van der Waals surface area contributed by atoms with Crippen molar-refractivity contribution < 1.29 is 18.9 Å². The monoisotopic (exact) mass is 439 g/mol. The highest BCUT2D eigenvalue weighted by atomic mass is 16.5. The van der Waals surface area contributed by atoms with Gasteiger partial charge in [-0.05, 0) is 51.7 Å². The van der Waals surface area contributed by atoms with Crippen LogP contribution in [-0.4, -0.2) is 64.0 Å². The molecule has 1 saturated heterocycles. The van der Waals surface area contributed by atoms with Crippen molar-refractivity contribution in [3.05, 3.63) is 52.9 Å². The molecule has 1 atom stereocenters. The van der Waals surface area contributed by atoms with E-state index in [0.717, 1.165) is 31.2 Å². The quantitative estimate of drug-likeness (QED) is 0.746. The molecule has 4 rings (SSSR count). The molecule has 2 fully saturated rings. The summed E-state index contributed by atoms with van der Waals surface area (Å²) in [6, 6.07) is 8.88. The first kappa shape index (κ1) is 22.0. The van der Waals surface area contributed by atoms with Gasteiger partial charge in [0.15, 0.2) is 11.9 Å². The molecule has 9 nitrogen and oxygen atoms in total. The Morgan fingerprint density at radius 3 is 2.34 bits per heavy atom. The van der Waals surface area contributed by atoms with Crippen LogP contribution in [0, 0.1) is 13.8 Å². The molecule has 1 unspecified atom stereocenters. The number of nitrogens with two attached hydrogens (primary N) is 1. The molecule has 9 heteroatoms. The fourth-order valence-electron chi connectivity index (χ4n) is 4.43. The molecule has 170 valence electrons. The number of nitrogens with one attached hydrogen (secondary N) is 1. The van der Waals surface area contributed by atoms with Crippen LogP contribution in [0.3, 0.4) is 0 Å². The average Bonchev–Trinajstić information content (AvgIpc) is 3.41. The number of carbonyl (C=O) groups excluding carboxylic acids is 3. The zero-order valence-electron chi connectivity index (χ0n) is 18.4. The van der Waals surface area contributed by atoms with Gasteiger partial charge in [-0.3, -0.25) is 14.4 Å².